The number of hydrogen-bond donors (Lipinski definition) is 8. The summed E-state index contributed by atoms with van der Waals surface area (Å²) in [7, 11) is 0. The normalized spacial score (nSPS) is 25.4. The number of alkyl halides is 2. The van der Waals surface area contributed by atoms with Crippen molar-refractivity contribution in [3.63, 3.8) is 0 Å². The van der Waals surface area contributed by atoms with Crippen molar-refractivity contribution in [3.05, 3.63) is 66.8 Å². The molecule has 2 saturated heterocycles. The molecule has 4 atom stereocenters. The highest BCUT2D eigenvalue weighted by Gasteiger charge is 2.39. The van der Waals surface area contributed by atoms with E-state index in [0.717, 1.165) is 12.8 Å². The molecular weight excluding hydrogens is 1250 g/mol. The summed E-state index contributed by atoms with van der Waals surface area (Å²) in [6.45, 7) is 4.78. The van der Waals surface area contributed by atoms with Gasteiger partial charge in [0, 0.05) is 46.2 Å². The van der Waals surface area contributed by atoms with Crippen LogP contribution in [0.3, 0.4) is 0 Å². The fraction of sp³-hybridized carbons (Fsp3) is 0.500. The summed E-state index contributed by atoms with van der Waals surface area (Å²) in [6.07, 6.45) is 7.18. The average Bonchev–Trinajstić information content (AvgIpc) is 3.73. The van der Waals surface area contributed by atoms with Gasteiger partial charge in [-0.15, -0.1) is 24.0 Å². The maximum atomic E-state index is 14.4. The fourth-order valence-electron chi connectivity index (χ4n) is 9.40. The Morgan fingerprint density at radius 1 is 0.684 bits per heavy atom. The number of carbonyl (C=O) groups is 2. The van der Waals surface area contributed by atoms with Gasteiger partial charge in [-0.3, -0.25) is 14.2 Å². The quantitative estimate of drug-likeness (QED) is 0.0403. The van der Waals surface area contributed by atoms with Crippen LogP contribution in [-0.2, 0) is 19.1 Å². The van der Waals surface area contributed by atoms with Crippen LogP contribution >= 0.6 is 106 Å². The lowest BCUT2D eigenvalue weighted by Crippen LogP contribution is -2.41. The van der Waals surface area contributed by atoms with E-state index in [0.29, 0.717) is 141 Å². The number of rotatable bonds is 13. The Hall–Kier alpha value is -3.85. The molecule has 2 saturated carbocycles. The van der Waals surface area contributed by atoms with Gasteiger partial charge in [-0.1, -0.05) is 83.5 Å². The highest BCUT2D eigenvalue weighted by Crippen LogP contribution is 2.44. The standard InChI is InChI=1S/C24H29Cl3FN7O2S.C24H27Cl3FN7O2.HI/c1-24(21(29)36)5-2-13(3-6-24)31-20-18(10-30-22(35-20)32-17-4-7-37-11-16(17)28)33-23(38)34-19-14(26)8-12(25)9-15(19)27;1-24(21(29)36)5-2-13(3-6-24)35-20-18(10-30-22(34-20)31-17-4-7-37-11-16(17)28)32-23(35)33-19-14(26)8-12(25)9-15(19)27;/h8-10,13,16-17H,2-7,11H2,1H3,(H2,29,36)(H2,33,34,38)(H2,30,31,32,35);8-10,13,16-17H,2-7,11H2,1H3,(H2,29,36)(H,32,33)(H,30,31,34);1H/t2*13?,16-,17-,24?;/m11./s1. The minimum Gasteiger partial charge on any atom is -0.378 e. The first-order valence-electron chi connectivity index (χ1n) is 24.3. The maximum absolute atomic E-state index is 14.4. The second-order valence-electron chi connectivity index (χ2n) is 19.6. The van der Waals surface area contributed by atoms with Crippen molar-refractivity contribution in [2.75, 3.05) is 58.3 Å². The zero-order valence-electron chi connectivity index (χ0n) is 41.1. The number of amides is 2. The number of hydrogen-bond acceptors (Lipinski definition) is 14. The molecule has 5 aromatic rings. The molecule has 0 spiro atoms. The molecule has 0 radical (unpaired) electrons. The molecular formula is C48H57Cl6F2IN14O4S. The predicted molar refractivity (Wildman–Crippen MR) is 312 cm³/mol. The number of anilines is 7. The van der Waals surface area contributed by atoms with Crippen LogP contribution in [0.1, 0.15) is 84.1 Å². The number of ether oxygens (including phenoxy) is 2. The Morgan fingerprint density at radius 3 is 1.68 bits per heavy atom. The molecule has 4 fully saturated rings. The third-order valence-electron chi connectivity index (χ3n) is 14.2. The molecule has 0 unspecified atom stereocenters. The molecule has 2 aliphatic carbocycles. The molecule has 0 bridgehead atoms. The maximum Gasteiger partial charge on any atom is 0.225 e. The van der Waals surface area contributed by atoms with Crippen LogP contribution in [0.15, 0.2) is 36.7 Å². The Bertz CT molecular complexity index is 2880. The van der Waals surface area contributed by atoms with Crippen LogP contribution in [0, 0.1) is 10.8 Å². The lowest BCUT2D eigenvalue weighted by molar-refractivity contribution is -0.129. The van der Waals surface area contributed by atoms with E-state index in [-0.39, 0.29) is 72.1 Å². The first-order valence-corrected chi connectivity index (χ1v) is 27.0. The SMILES string of the molecule is CC1(C(N)=O)CCC(Nc2nc(N[C@@H]3CCOC[C@H]3F)ncc2NC(=S)Nc2c(Cl)cc(Cl)cc2Cl)CC1.CC1(C(N)=O)CCC(n2c(Nc3c(Cl)cc(Cl)cc3Cl)nc3cnc(N[C@@H]4CCOC[C@H]4F)nc32)CC1.I. The Morgan fingerprint density at radius 2 is 1.17 bits per heavy atom. The molecule has 3 aromatic heterocycles. The Labute approximate surface area is 490 Å². The zero-order chi connectivity index (χ0) is 53.8. The third-order valence-corrected chi connectivity index (χ3v) is 16.0. The van der Waals surface area contributed by atoms with Crippen molar-refractivity contribution < 1.29 is 27.8 Å². The van der Waals surface area contributed by atoms with Crippen LogP contribution in [0.4, 0.5) is 49.5 Å². The number of halogens is 9. The van der Waals surface area contributed by atoms with Gasteiger partial charge >= 0.3 is 0 Å². The second-order valence-corrected chi connectivity index (χ2v) is 22.5. The minimum atomic E-state index is -1.17. The van der Waals surface area contributed by atoms with Gasteiger partial charge in [-0.2, -0.15) is 9.97 Å². The number of nitrogens with one attached hydrogen (secondary N) is 6. The van der Waals surface area contributed by atoms with Crippen molar-refractivity contribution in [3.8, 4) is 0 Å². The Balaban J connectivity index is 0.000000218. The first-order chi connectivity index (χ1) is 35.7. The van der Waals surface area contributed by atoms with E-state index in [1.54, 1.807) is 36.7 Å². The van der Waals surface area contributed by atoms with Gasteiger partial charge in [0.25, 0.3) is 0 Å². The average molecular weight is 1300 g/mol. The smallest absolute Gasteiger partial charge is 0.225 e. The van der Waals surface area contributed by atoms with E-state index in [1.165, 1.54) is 0 Å². The van der Waals surface area contributed by atoms with Crippen LogP contribution in [-0.4, -0.2) is 103 Å². The molecule has 2 aromatic carbocycles. The van der Waals surface area contributed by atoms with Crippen LogP contribution in [0.5, 0.6) is 0 Å². The highest BCUT2D eigenvalue weighted by atomic mass is 127. The number of nitrogens with two attached hydrogens (primary N) is 2. The molecule has 412 valence electrons. The highest BCUT2D eigenvalue weighted by molar-refractivity contribution is 14.0. The number of primary amides is 2. The number of nitrogens with zero attached hydrogens (tertiary/aromatic N) is 6. The molecule has 2 aliphatic heterocycles. The number of carbonyl (C=O) groups excluding carboxylic acids is 2. The van der Waals surface area contributed by atoms with Crippen molar-refractivity contribution in [1.29, 1.82) is 0 Å². The summed E-state index contributed by atoms with van der Waals surface area (Å²) in [5.41, 5.74) is 12.6. The summed E-state index contributed by atoms with van der Waals surface area (Å²) in [5.74, 6) is 0.915. The van der Waals surface area contributed by atoms with E-state index in [4.69, 9.17) is 113 Å². The van der Waals surface area contributed by atoms with Crippen LogP contribution < -0.4 is 43.4 Å². The molecule has 4 aliphatic rings. The van der Waals surface area contributed by atoms with Gasteiger partial charge in [0.1, 0.15) is 23.5 Å². The molecule has 76 heavy (non-hydrogen) atoms. The number of fused-ring (bicyclic) bond motifs is 1. The number of aromatic nitrogens is 6. The van der Waals surface area contributed by atoms with Gasteiger partial charge in [-0.25, -0.2) is 23.7 Å². The Kier molecular flexibility index (Phi) is 20.4. The summed E-state index contributed by atoms with van der Waals surface area (Å²) in [5, 5.41) is 21.2. The largest absolute Gasteiger partial charge is 0.378 e. The first kappa shape index (κ1) is 59.8. The summed E-state index contributed by atoms with van der Waals surface area (Å²) < 4.78 is 41.0. The molecule has 9 rings (SSSR count). The molecule has 5 heterocycles. The van der Waals surface area contributed by atoms with Crippen molar-refractivity contribution in [2.45, 2.75) is 115 Å². The van der Waals surface area contributed by atoms with E-state index in [1.807, 2.05) is 18.4 Å². The summed E-state index contributed by atoms with van der Waals surface area (Å²) in [6, 6.07) is 5.37. The second kappa shape index (κ2) is 26.0. The minimum absolute atomic E-state index is 0. The fourth-order valence-corrected chi connectivity index (χ4v) is 11.4. The third kappa shape index (κ3) is 14.5. The van der Waals surface area contributed by atoms with Gasteiger partial charge in [0.2, 0.25) is 29.7 Å². The van der Waals surface area contributed by atoms with E-state index >= 15 is 0 Å². The van der Waals surface area contributed by atoms with Gasteiger partial charge in [0.05, 0.1) is 69.2 Å². The molecule has 18 nitrogen and oxygen atoms in total. The van der Waals surface area contributed by atoms with Crippen molar-refractivity contribution in [1.82, 2.24) is 29.5 Å². The van der Waals surface area contributed by atoms with Gasteiger partial charge in [-0.05, 0) is 101 Å². The summed E-state index contributed by atoms with van der Waals surface area (Å²) in [4.78, 5) is 46.7. The van der Waals surface area contributed by atoms with Crippen LogP contribution in [0.2, 0.25) is 30.1 Å². The lowest BCUT2D eigenvalue weighted by atomic mass is 9.73. The molecule has 2 amide bonds. The number of thiocarbonyl (C=S) groups is 1. The lowest BCUT2D eigenvalue weighted by Gasteiger charge is -2.35. The number of benzene rings is 2. The molecule has 10 N–H and O–H groups in total. The van der Waals surface area contributed by atoms with Crippen molar-refractivity contribution >= 4 is 175 Å². The topological polar surface area (TPSA) is 246 Å². The van der Waals surface area contributed by atoms with Crippen LogP contribution in [0.25, 0.3) is 11.2 Å². The van der Waals surface area contributed by atoms with E-state index in [9.17, 15) is 18.4 Å². The zero-order valence-corrected chi connectivity index (χ0v) is 48.8. The van der Waals surface area contributed by atoms with E-state index < -0.39 is 35.3 Å². The van der Waals surface area contributed by atoms with Gasteiger partial charge < -0.3 is 52.8 Å². The molecule has 28 heteroatoms. The van der Waals surface area contributed by atoms with Crippen molar-refractivity contribution in [2.24, 2.45) is 22.3 Å². The van der Waals surface area contributed by atoms with Gasteiger partial charge in [0.15, 0.2) is 16.6 Å². The predicted octanol–water partition coefficient (Wildman–Crippen LogP) is 11.9. The van der Waals surface area contributed by atoms with E-state index in [2.05, 4.69) is 46.9 Å². The monoisotopic (exact) mass is 1300 g/mol. The number of imidazole rings is 1. The summed E-state index contributed by atoms with van der Waals surface area (Å²) >= 11 is 43.0.